The van der Waals surface area contributed by atoms with Crippen LogP contribution in [0.3, 0.4) is 0 Å². The molecule has 3 aromatic rings. The molecule has 2 aromatic heterocycles. The molecule has 2 amide bonds. The van der Waals surface area contributed by atoms with Gasteiger partial charge in [0.15, 0.2) is 0 Å². The number of likely N-dealkylation sites (N-methyl/N-ethyl adjacent to an activating group) is 1. The molecule has 0 fully saturated rings. The van der Waals surface area contributed by atoms with Gasteiger partial charge < -0.3 is 10.2 Å². The first-order valence-corrected chi connectivity index (χ1v) is 10.3. The zero-order valence-corrected chi connectivity index (χ0v) is 17.8. The lowest BCUT2D eigenvalue weighted by atomic mass is 10.1. The lowest BCUT2D eigenvalue weighted by Gasteiger charge is -2.17. The second-order valence-corrected chi connectivity index (χ2v) is 7.68. The summed E-state index contributed by atoms with van der Waals surface area (Å²) in [7, 11) is 1.61. The average molecular weight is 413 g/mol. The van der Waals surface area contributed by atoms with Crippen molar-refractivity contribution < 1.29 is 9.59 Å². The fourth-order valence-corrected chi connectivity index (χ4v) is 3.65. The number of rotatable bonds is 7. The SMILES string of the molecule is CCc1ccccc1NC(=O)CN(C)C(=O)CSc1nc2nc(C)cc(C)n2n1. The van der Waals surface area contributed by atoms with E-state index in [-0.39, 0.29) is 24.1 Å². The number of anilines is 1. The number of aromatic nitrogens is 4. The van der Waals surface area contributed by atoms with Gasteiger partial charge in [0.25, 0.3) is 5.78 Å². The molecule has 2 heterocycles. The van der Waals surface area contributed by atoms with Crippen LogP contribution < -0.4 is 5.32 Å². The summed E-state index contributed by atoms with van der Waals surface area (Å²) in [5.74, 6) is 0.255. The average Bonchev–Trinajstić information content (AvgIpc) is 3.09. The molecule has 29 heavy (non-hydrogen) atoms. The molecule has 0 radical (unpaired) electrons. The summed E-state index contributed by atoms with van der Waals surface area (Å²) in [6.45, 7) is 5.84. The van der Waals surface area contributed by atoms with Gasteiger partial charge in [-0.15, -0.1) is 5.10 Å². The molecule has 0 bridgehead atoms. The van der Waals surface area contributed by atoms with Crippen molar-refractivity contribution in [2.45, 2.75) is 32.3 Å². The second kappa shape index (κ2) is 9.04. The Bertz CT molecular complexity index is 1050. The fraction of sp³-hybridized carbons (Fsp3) is 0.350. The quantitative estimate of drug-likeness (QED) is 0.600. The zero-order chi connectivity index (χ0) is 21.0. The normalized spacial score (nSPS) is 10.9. The first-order chi connectivity index (χ1) is 13.9. The van der Waals surface area contributed by atoms with Gasteiger partial charge in [-0.2, -0.15) is 4.98 Å². The molecule has 0 aliphatic rings. The van der Waals surface area contributed by atoms with Crippen molar-refractivity contribution in [1.29, 1.82) is 0 Å². The topological polar surface area (TPSA) is 92.5 Å². The molecule has 0 atom stereocenters. The van der Waals surface area contributed by atoms with Gasteiger partial charge in [0.05, 0.1) is 12.3 Å². The monoisotopic (exact) mass is 412 g/mol. The maximum atomic E-state index is 12.4. The Hall–Kier alpha value is -2.94. The van der Waals surface area contributed by atoms with Gasteiger partial charge in [0, 0.05) is 24.1 Å². The summed E-state index contributed by atoms with van der Waals surface area (Å²) in [4.78, 5) is 34.8. The third kappa shape index (κ3) is 5.11. The summed E-state index contributed by atoms with van der Waals surface area (Å²) in [6.07, 6.45) is 0.821. The van der Waals surface area contributed by atoms with Gasteiger partial charge in [-0.1, -0.05) is 36.9 Å². The maximum Gasteiger partial charge on any atom is 0.253 e. The Morgan fingerprint density at radius 2 is 1.97 bits per heavy atom. The van der Waals surface area contributed by atoms with Gasteiger partial charge in [-0.3, -0.25) is 9.59 Å². The lowest BCUT2D eigenvalue weighted by molar-refractivity contribution is -0.131. The van der Waals surface area contributed by atoms with E-state index in [1.54, 1.807) is 11.6 Å². The Kier molecular flexibility index (Phi) is 6.48. The number of para-hydroxylation sites is 1. The minimum Gasteiger partial charge on any atom is -0.336 e. The number of hydrogen-bond acceptors (Lipinski definition) is 6. The van der Waals surface area contributed by atoms with Gasteiger partial charge in [-0.05, 0) is 38.0 Å². The van der Waals surface area contributed by atoms with Crippen LogP contribution in [0.1, 0.15) is 23.9 Å². The number of fused-ring (bicyclic) bond motifs is 1. The number of aryl methyl sites for hydroxylation is 3. The van der Waals surface area contributed by atoms with Crippen LogP contribution in [0.5, 0.6) is 0 Å². The van der Waals surface area contributed by atoms with Gasteiger partial charge in [-0.25, -0.2) is 9.50 Å². The van der Waals surface area contributed by atoms with E-state index in [4.69, 9.17) is 0 Å². The van der Waals surface area contributed by atoms with Crippen LogP contribution in [0.15, 0.2) is 35.5 Å². The highest BCUT2D eigenvalue weighted by molar-refractivity contribution is 7.99. The van der Waals surface area contributed by atoms with Crippen LogP contribution in [0.25, 0.3) is 5.78 Å². The van der Waals surface area contributed by atoms with Crippen LogP contribution in [-0.4, -0.2) is 55.6 Å². The highest BCUT2D eigenvalue weighted by Crippen LogP contribution is 2.17. The third-order valence-electron chi connectivity index (χ3n) is 4.40. The minimum absolute atomic E-state index is 0.0180. The summed E-state index contributed by atoms with van der Waals surface area (Å²) in [5.41, 5.74) is 3.63. The van der Waals surface area contributed by atoms with E-state index in [9.17, 15) is 9.59 Å². The fourth-order valence-electron chi connectivity index (χ4n) is 2.89. The van der Waals surface area contributed by atoms with Crippen molar-refractivity contribution in [2.75, 3.05) is 24.7 Å². The Balaban J connectivity index is 1.55. The maximum absolute atomic E-state index is 12.4. The first-order valence-electron chi connectivity index (χ1n) is 9.33. The smallest absolute Gasteiger partial charge is 0.253 e. The highest BCUT2D eigenvalue weighted by atomic mass is 32.2. The molecule has 0 aliphatic carbocycles. The first kappa shape index (κ1) is 20.8. The third-order valence-corrected chi connectivity index (χ3v) is 5.22. The van der Waals surface area contributed by atoms with E-state index in [2.05, 4.69) is 20.4 Å². The van der Waals surface area contributed by atoms with Crippen molar-refractivity contribution in [1.82, 2.24) is 24.5 Å². The molecule has 0 unspecified atom stereocenters. The molecule has 9 heteroatoms. The van der Waals surface area contributed by atoms with E-state index in [1.807, 2.05) is 51.1 Å². The van der Waals surface area contributed by atoms with Crippen molar-refractivity contribution in [2.24, 2.45) is 0 Å². The molecule has 8 nitrogen and oxygen atoms in total. The molecule has 1 aromatic carbocycles. The Morgan fingerprint density at radius 3 is 2.72 bits per heavy atom. The van der Waals surface area contributed by atoms with E-state index in [0.717, 1.165) is 29.1 Å². The van der Waals surface area contributed by atoms with Crippen molar-refractivity contribution >= 4 is 35.0 Å². The van der Waals surface area contributed by atoms with Crippen molar-refractivity contribution in [3.05, 3.63) is 47.3 Å². The van der Waals surface area contributed by atoms with Gasteiger partial charge in [0.2, 0.25) is 17.0 Å². The molecule has 0 saturated heterocycles. The van der Waals surface area contributed by atoms with Crippen LogP contribution >= 0.6 is 11.8 Å². The van der Waals surface area contributed by atoms with Crippen LogP contribution in [0, 0.1) is 13.8 Å². The summed E-state index contributed by atoms with van der Waals surface area (Å²) in [6, 6.07) is 9.57. The summed E-state index contributed by atoms with van der Waals surface area (Å²) < 4.78 is 1.65. The predicted molar refractivity (Wildman–Crippen MR) is 113 cm³/mol. The summed E-state index contributed by atoms with van der Waals surface area (Å²) >= 11 is 1.23. The number of nitrogens with one attached hydrogen (secondary N) is 1. The Morgan fingerprint density at radius 1 is 1.21 bits per heavy atom. The van der Waals surface area contributed by atoms with Crippen molar-refractivity contribution in [3.8, 4) is 0 Å². The summed E-state index contributed by atoms with van der Waals surface area (Å²) in [5, 5.41) is 7.73. The van der Waals surface area contributed by atoms with E-state index in [0.29, 0.717) is 10.9 Å². The lowest BCUT2D eigenvalue weighted by Crippen LogP contribution is -2.36. The number of thioether (sulfide) groups is 1. The Labute approximate surface area is 173 Å². The van der Waals surface area contributed by atoms with Crippen LogP contribution in [-0.2, 0) is 16.0 Å². The second-order valence-electron chi connectivity index (χ2n) is 6.74. The van der Waals surface area contributed by atoms with E-state index in [1.165, 1.54) is 16.7 Å². The molecule has 1 N–H and O–H groups in total. The van der Waals surface area contributed by atoms with Gasteiger partial charge in [0.1, 0.15) is 0 Å². The number of carbonyl (C=O) groups excluding carboxylic acids is 2. The molecular formula is C20H24N6O2S. The minimum atomic E-state index is -0.229. The largest absolute Gasteiger partial charge is 0.336 e. The number of benzene rings is 1. The zero-order valence-electron chi connectivity index (χ0n) is 17.0. The standard InChI is InChI=1S/C20H24N6O2S/c1-5-15-8-6-7-9-16(15)22-17(27)11-25(4)18(28)12-29-20-23-19-21-13(2)10-14(3)26(19)24-20/h6-10H,5,11-12H2,1-4H3,(H,22,27). The van der Waals surface area contributed by atoms with Crippen molar-refractivity contribution in [3.63, 3.8) is 0 Å². The molecule has 0 aliphatic heterocycles. The van der Waals surface area contributed by atoms with Crippen LogP contribution in [0.2, 0.25) is 0 Å². The number of hydrogen-bond donors (Lipinski definition) is 1. The molecule has 152 valence electrons. The number of nitrogens with zero attached hydrogens (tertiary/aromatic N) is 5. The highest BCUT2D eigenvalue weighted by Gasteiger charge is 2.16. The number of amides is 2. The van der Waals surface area contributed by atoms with E-state index < -0.39 is 0 Å². The van der Waals surface area contributed by atoms with E-state index >= 15 is 0 Å². The molecular weight excluding hydrogens is 388 g/mol. The molecule has 0 saturated carbocycles. The van der Waals surface area contributed by atoms with Crippen LogP contribution in [0.4, 0.5) is 5.69 Å². The molecule has 0 spiro atoms. The molecule has 3 rings (SSSR count). The predicted octanol–water partition coefficient (Wildman–Crippen LogP) is 2.49. The number of carbonyl (C=O) groups is 2. The van der Waals surface area contributed by atoms with Gasteiger partial charge >= 0.3 is 0 Å².